The normalized spacial score (nSPS) is 26.1. The van der Waals surface area contributed by atoms with Crippen molar-refractivity contribution in [2.24, 2.45) is 0 Å². The number of esters is 1. The molecule has 1 aliphatic rings. The third-order valence-corrected chi connectivity index (χ3v) is 3.88. The van der Waals surface area contributed by atoms with Gasteiger partial charge < -0.3 is 4.74 Å². The molecule has 0 saturated carbocycles. The molecule has 15 heavy (non-hydrogen) atoms. The number of ether oxygens (including phenoxy) is 1. The number of carbonyl (C=O) groups excluding carboxylic acids is 1. The molecular weight excluding hydrogens is 208 g/mol. The van der Waals surface area contributed by atoms with Gasteiger partial charge in [0.25, 0.3) is 0 Å². The molecule has 0 aliphatic carbocycles. The Bertz CT molecular complexity index is 350. The van der Waals surface area contributed by atoms with Crippen LogP contribution in [0.5, 0.6) is 0 Å². The molecular formula is C12H14O2S. The number of hydrogen-bond acceptors (Lipinski definition) is 3. The van der Waals surface area contributed by atoms with Crippen molar-refractivity contribution in [3.05, 3.63) is 30.3 Å². The van der Waals surface area contributed by atoms with E-state index in [-0.39, 0.29) is 5.97 Å². The molecule has 0 N–H and O–H groups in total. The fourth-order valence-corrected chi connectivity index (χ4v) is 2.87. The van der Waals surface area contributed by atoms with E-state index in [4.69, 9.17) is 4.74 Å². The monoisotopic (exact) mass is 222 g/mol. The van der Waals surface area contributed by atoms with Gasteiger partial charge in [0.2, 0.25) is 0 Å². The van der Waals surface area contributed by atoms with Crippen LogP contribution >= 0.6 is 11.8 Å². The van der Waals surface area contributed by atoms with Gasteiger partial charge in [-0.15, -0.1) is 11.8 Å². The lowest BCUT2D eigenvalue weighted by Crippen LogP contribution is -2.37. The van der Waals surface area contributed by atoms with E-state index >= 15 is 0 Å². The first-order chi connectivity index (χ1) is 7.21. The molecule has 2 rings (SSSR count). The van der Waals surface area contributed by atoms with Gasteiger partial charge in [-0.1, -0.05) is 18.2 Å². The molecule has 1 atom stereocenters. The van der Waals surface area contributed by atoms with Gasteiger partial charge in [0.1, 0.15) is 4.75 Å². The Balaban J connectivity index is 2.13. The van der Waals surface area contributed by atoms with Gasteiger partial charge in [0, 0.05) is 4.90 Å². The van der Waals surface area contributed by atoms with Gasteiger partial charge in [-0.2, -0.15) is 0 Å². The van der Waals surface area contributed by atoms with Gasteiger partial charge in [-0.05, 0) is 31.9 Å². The Morgan fingerprint density at radius 2 is 2.07 bits per heavy atom. The van der Waals surface area contributed by atoms with Crippen LogP contribution in [0.3, 0.4) is 0 Å². The molecule has 0 spiro atoms. The second kappa shape index (κ2) is 4.27. The maximum Gasteiger partial charge on any atom is 0.322 e. The van der Waals surface area contributed by atoms with Crippen LogP contribution in [0, 0.1) is 0 Å². The van der Waals surface area contributed by atoms with Crippen LogP contribution in [0.4, 0.5) is 0 Å². The van der Waals surface area contributed by atoms with Gasteiger partial charge in [-0.25, -0.2) is 0 Å². The summed E-state index contributed by atoms with van der Waals surface area (Å²) >= 11 is 1.60. The number of cyclic esters (lactones) is 1. The summed E-state index contributed by atoms with van der Waals surface area (Å²) in [6, 6.07) is 10.0. The van der Waals surface area contributed by atoms with Crippen molar-refractivity contribution in [3.63, 3.8) is 0 Å². The Labute approximate surface area is 94.0 Å². The topological polar surface area (TPSA) is 26.3 Å². The summed E-state index contributed by atoms with van der Waals surface area (Å²) < 4.78 is 4.70. The largest absolute Gasteiger partial charge is 0.465 e. The fourth-order valence-electron chi connectivity index (χ4n) is 1.67. The Kier molecular flexibility index (Phi) is 3.00. The van der Waals surface area contributed by atoms with E-state index in [1.807, 2.05) is 37.3 Å². The van der Waals surface area contributed by atoms with E-state index in [2.05, 4.69) is 0 Å². The smallest absolute Gasteiger partial charge is 0.322 e. The summed E-state index contributed by atoms with van der Waals surface area (Å²) in [6.45, 7) is 2.54. The van der Waals surface area contributed by atoms with Crippen molar-refractivity contribution in [1.29, 1.82) is 0 Å². The zero-order chi connectivity index (χ0) is 10.7. The van der Waals surface area contributed by atoms with Crippen molar-refractivity contribution < 1.29 is 9.53 Å². The highest BCUT2D eigenvalue weighted by Crippen LogP contribution is 2.39. The Morgan fingerprint density at radius 3 is 2.73 bits per heavy atom. The highest BCUT2D eigenvalue weighted by atomic mass is 32.2. The molecule has 0 radical (unpaired) electrons. The zero-order valence-electron chi connectivity index (χ0n) is 8.73. The van der Waals surface area contributed by atoms with Gasteiger partial charge >= 0.3 is 5.97 Å². The van der Waals surface area contributed by atoms with Crippen LogP contribution in [0.15, 0.2) is 35.2 Å². The molecule has 1 aromatic rings. The molecule has 0 aromatic heterocycles. The SMILES string of the molecule is CC1(Sc2ccccc2)CCCOC1=O. The maximum atomic E-state index is 11.7. The Hall–Kier alpha value is -0.960. The molecule has 1 aliphatic heterocycles. The molecule has 1 heterocycles. The minimum absolute atomic E-state index is 0.0809. The van der Waals surface area contributed by atoms with Gasteiger partial charge in [0.15, 0.2) is 0 Å². The van der Waals surface area contributed by atoms with E-state index in [0.717, 1.165) is 17.7 Å². The van der Waals surface area contributed by atoms with E-state index in [9.17, 15) is 4.79 Å². The van der Waals surface area contributed by atoms with E-state index in [1.165, 1.54) is 0 Å². The second-order valence-electron chi connectivity index (χ2n) is 3.89. The zero-order valence-corrected chi connectivity index (χ0v) is 9.55. The van der Waals surface area contributed by atoms with Crippen molar-refractivity contribution in [1.82, 2.24) is 0 Å². The van der Waals surface area contributed by atoms with Crippen molar-refractivity contribution in [2.75, 3.05) is 6.61 Å². The standard InChI is InChI=1S/C12H14O2S/c1-12(8-5-9-14-11(12)13)15-10-6-3-2-4-7-10/h2-4,6-7H,5,8-9H2,1H3. The average Bonchev–Trinajstić information content (AvgIpc) is 2.24. The number of hydrogen-bond donors (Lipinski definition) is 0. The predicted octanol–water partition coefficient (Wildman–Crippen LogP) is 2.87. The summed E-state index contributed by atoms with van der Waals surface area (Å²) in [5.74, 6) is -0.0809. The van der Waals surface area contributed by atoms with E-state index in [0.29, 0.717) is 6.61 Å². The minimum Gasteiger partial charge on any atom is -0.465 e. The Morgan fingerprint density at radius 1 is 1.33 bits per heavy atom. The number of carbonyl (C=O) groups is 1. The number of benzene rings is 1. The molecule has 3 heteroatoms. The first-order valence-electron chi connectivity index (χ1n) is 5.12. The van der Waals surface area contributed by atoms with Crippen LogP contribution < -0.4 is 0 Å². The third-order valence-electron chi connectivity index (χ3n) is 2.55. The second-order valence-corrected chi connectivity index (χ2v) is 5.46. The minimum atomic E-state index is -0.403. The van der Waals surface area contributed by atoms with Crippen LogP contribution in [-0.4, -0.2) is 17.3 Å². The molecule has 1 aromatic carbocycles. The van der Waals surface area contributed by atoms with E-state index in [1.54, 1.807) is 11.8 Å². The van der Waals surface area contributed by atoms with E-state index < -0.39 is 4.75 Å². The highest BCUT2D eigenvalue weighted by molar-refractivity contribution is 8.01. The third kappa shape index (κ3) is 2.34. The van der Waals surface area contributed by atoms with Crippen LogP contribution in [0.2, 0.25) is 0 Å². The van der Waals surface area contributed by atoms with Gasteiger partial charge in [-0.3, -0.25) is 4.79 Å². The molecule has 0 amide bonds. The van der Waals surface area contributed by atoms with Crippen LogP contribution in [-0.2, 0) is 9.53 Å². The van der Waals surface area contributed by atoms with Crippen molar-refractivity contribution in [3.8, 4) is 0 Å². The lowest BCUT2D eigenvalue weighted by Gasteiger charge is -2.30. The lowest BCUT2D eigenvalue weighted by atomic mass is 10.0. The number of rotatable bonds is 2. The molecule has 1 unspecified atom stereocenters. The van der Waals surface area contributed by atoms with Gasteiger partial charge in [0.05, 0.1) is 6.61 Å². The first kappa shape index (κ1) is 10.6. The van der Waals surface area contributed by atoms with Crippen molar-refractivity contribution >= 4 is 17.7 Å². The summed E-state index contributed by atoms with van der Waals surface area (Å²) in [5.41, 5.74) is 0. The summed E-state index contributed by atoms with van der Waals surface area (Å²) in [6.07, 6.45) is 1.85. The van der Waals surface area contributed by atoms with Crippen LogP contribution in [0.1, 0.15) is 19.8 Å². The lowest BCUT2D eigenvalue weighted by molar-refractivity contribution is -0.149. The fraction of sp³-hybridized carbons (Fsp3) is 0.417. The summed E-state index contributed by atoms with van der Waals surface area (Å²) in [5, 5.41) is 0. The summed E-state index contributed by atoms with van der Waals surface area (Å²) in [4.78, 5) is 12.8. The van der Waals surface area contributed by atoms with Crippen LogP contribution in [0.25, 0.3) is 0 Å². The molecule has 2 nitrogen and oxygen atoms in total. The number of thioether (sulfide) groups is 1. The first-order valence-corrected chi connectivity index (χ1v) is 5.94. The molecule has 80 valence electrons. The maximum absolute atomic E-state index is 11.7. The van der Waals surface area contributed by atoms with Crippen molar-refractivity contribution in [2.45, 2.75) is 29.4 Å². The summed E-state index contributed by atoms with van der Waals surface area (Å²) in [7, 11) is 0. The average molecular weight is 222 g/mol. The molecule has 1 saturated heterocycles. The molecule has 1 fully saturated rings. The predicted molar refractivity (Wildman–Crippen MR) is 60.9 cm³/mol. The highest BCUT2D eigenvalue weighted by Gasteiger charge is 2.38. The molecule has 0 bridgehead atoms. The quantitative estimate of drug-likeness (QED) is 0.720.